The summed E-state index contributed by atoms with van der Waals surface area (Å²) in [5, 5.41) is 10.8. The van der Waals surface area contributed by atoms with Crippen molar-refractivity contribution in [1.82, 2.24) is 0 Å². The number of aryl methyl sites for hydroxylation is 3. The van der Waals surface area contributed by atoms with E-state index in [1.54, 1.807) is 19.9 Å². The molecule has 0 fully saturated rings. The van der Waals surface area contributed by atoms with Gasteiger partial charge in [0.05, 0.1) is 0 Å². The summed E-state index contributed by atoms with van der Waals surface area (Å²) in [5.74, 6) is 0.389. The van der Waals surface area contributed by atoms with E-state index in [1.807, 2.05) is 13.0 Å². The molecule has 1 aromatic carbocycles. The Kier molecular flexibility index (Phi) is 2.05. The van der Waals surface area contributed by atoms with Gasteiger partial charge in [0.15, 0.2) is 0 Å². The first-order valence-electron chi connectivity index (χ1n) is 5.65. The van der Waals surface area contributed by atoms with Gasteiger partial charge in [0.1, 0.15) is 28.2 Å². The minimum atomic E-state index is -1.000. The Morgan fingerprint density at radius 1 is 1.00 bits per heavy atom. The number of benzene rings is 1. The molecule has 0 aliphatic carbocycles. The number of rotatable bonds is 1. The summed E-state index contributed by atoms with van der Waals surface area (Å²) in [4.78, 5) is 11.5. The highest BCUT2D eigenvalue weighted by Gasteiger charge is 2.22. The minimum Gasteiger partial charge on any atom is -0.478 e. The Hall–Kier alpha value is -2.23. The van der Waals surface area contributed by atoms with Crippen LogP contribution in [0.15, 0.2) is 21.0 Å². The number of aromatic carboxylic acids is 1. The van der Waals surface area contributed by atoms with Gasteiger partial charge in [-0.15, -0.1) is 0 Å². The average Bonchev–Trinajstić information content (AvgIpc) is 2.81. The van der Waals surface area contributed by atoms with Gasteiger partial charge in [0.25, 0.3) is 0 Å². The average molecular weight is 244 g/mol. The standard InChI is InChI=1S/C14H12O4/c1-6-4-9-8(3)12-10(5-7(2)17-12)11(14(15)16)13(9)18-6/h4-5H,1-3H3,(H,15,16). The molecule has 4 heteroatoms. The molecule has 0 aliphatic rings. The van der Waals surface area contributed by atoms with Gasteiger partial charge < -0.3 is 13.9 Å². The van der Waals surface area contributed by atoms with E-state index in [2.05, 4.69) is 0 Å². The molecule has 0 spiro atoms. The van der Waals surface area contributed by atoms with E-state index in [0.717, 1.165) is 10.9 Å². The van der Waals surface area contributed by atoms with Gasteiger partial charge >= 0.3 is 5.97 Å². The van der Waals surface area contributed by atoms with Crippen molar-refractivity contribution in [3.05, 3.63) is 34.8 Å². The molecule has 3 rings (SSSR count). The van der Waals surface area contributed by atoms with Gasteiger partial charge in [-0.1, -0.05) is 0 Å². The molecule has 2 heterocycles. The van der Waals surface area contributed by atoms with Crippen LogP contribution in [0.25, 0.3) is 21.9 Å². The molecule has 1 N–H and O–H groups in total. The topological polar surface area (TPSA) is 63.6 Å². The highest BCUT2D eigenvalue weighted by molar-refractivity contribution is 6.15. The molecule has 0 unspecified atom stereocenters. The molecule has 4 nitrogen and oxygen atoms in total. The summed E-state index contributed by atoms with van der Waals surface area (Å²) >= 11 is 0. The first-order valence-corrected chi connectivity index (χ1v) is 5.65. The molecule has 18 heavy (non-hydrogen) atoms. The second kappa shape index (κ2) is 3.38. The van der Waals surface area contributed by atoms with Crippen LogP contribution >= 0.6 is 0 Å². The highest BCUT2D eigenvalue weighted by atomic mass is 16.4. The van der Waals surface area contributed by atoms with Crippen LogP contribution < -0.4 is 0 Å². The zero-order valence-electron chi connectivity index (χ0n) is 10.3. The monoisotopic (exact) mass is 244 g/mol. The predicted molar refractivity (Wildman–Crippen MR) is 67.2 cm³/mol. The zero-order valence-corrected chi connectivity index (χ0v) is 10.3. The van der Waals surface area contributed by atoms with Gasteiger partial charge in [0, 0.05) is 16.3 Å². The van der Waals surface area contributed by atoms with E-state index in [-0.39, 0.29) is 5.56 Å². The maximum absolute atomic E-state index is 11.5. The van der Waals surface area contributed by atoms with Crippen molar-refractivity contribution in [3.63, 3.8) is 0 Å². The Labute approximate surface area is 103 Å². The summed E-state index contributed by atoms with van der Waals surface area (Å²) in [5.41, 5.74) is 2.13. The summed E-state index contributed by atoms with van der Waals surface area (Å²) in [6.07, 6.45) is 0. The number of carboxylic acid groups (broad SMARTS) is 1. The predicted octanol–water partition coefficient (Wildman–Crippen LogP) is 3.80. The van der Waals surface area contributed by atoms with Crippen molar-refractivity contribution in [2.75, 3.05) is 0 Å². The van der Waals surface area contributed by atoms with E-state index in [1.165, 1.54) is 0 Å². The first kappa shape index (κ1) is 10.9. The lowest BCUT2D eigenvalue weighted by atomic mass is 10.0. The minimum absolute atomic E-state index is 0.176. The van der Waals surface area contributed by atoms with Crippen LogP contribution in [0.2, 0.25) is 0 Å². The first-order chi connectivity index (χ1) is 8.49. The molecule has 0 radical (unpaired) electrons. The number of carboxylic acids is 1. The molecular formula is C14H12O4. The molecule has 0 atom stereocenters. The lowest BCUT2D eigenvalue weighted by Gasteiger charge is -2.02. The normalized spacial score (nSPS) is 11.5. The summed E-state index contributed by atoms with van der Waals surface area (Å²) < 4.78 is 11.1. The smallest absolute Gasteiger partial charge is 0.340 e. The summed E-state index contributed by atoms with van der Waals surface area (Å²) in [7, 11) is 0. The van der Waals surface area contributed by atoms with E-state index < -0.39 is 5.97 Å². The summed E-state index contributed by atoms with van der Waals surface area (Å²) in [6, 6.07) is 3.58. The second-order valence-corrected chi connectivity index (χ2v) is 4.50. The third kappa shape index (κ3) is 1.29. The largest absolute Gasteiger partial charge is 0.478 e. The number of hydrogen-bond donors (Lipinski definition) is 1. The Morgan fingerprint density at radius 3 is 2.17 bits per heavy atom. The molecular weight excluding hydrogens is 232 g/mol. The summed E-state index contributed by atoms with van der Waals surface area (Å²) in [6.45, 7) is 5.52. The quantitative estimate of drug-likeness (QED) is 0.707. The lowest BCUT2D eigenvalue weighted by Crippen LogP contribution is -1.98. The molecule has 2 aromatic heterocycles. The molecule has 0 saturated carbocycles. The van der Waals surface area contributed by atoms with Crippen molar-refractivity contribution in [2.24, 2.45) is 0 Å². The van der Waals surface area contributed by atoms with E-state index >= 15 is 0 Å². The van der Waals surface area contributed by atoms with Gasteiger partial charge in [-0.05, 0) is 32.9 Å². The molecule has 3 aromatic rings. The second-order valence-electron chi connectivity index (χ2n) is 4.50. The van der Waals surface area contributed by atoms with Crippen LogP contribution in [0.4, 0.5) is 0 Å². The zero-order chi connectivity index (χ0) is 13.0. The number of carbonyl (C=O) groups is 1. The van der Waals surface area contributed by atoms with Crippen LogP contribution in [-0.2, 0) is 0 Å². The SMILES string of the molecule is Cc1cc2c(C(=O)O)c3oc(C)cc3c(C)c2o1. The van der Waals surface area contributed by atoms with Gasteiger partial charge in [0.2, 0.25) is 0 Å². The third-order valence-corrected chi connectivity index (χ3v) is 3.17. The number of furan rings is 2. The van der Waals surface area contributed by atoms with Gasteiger partial charge in [-0.2, -0.15) is 0 Å². The van der Waals surface area contributed by atoms with E-state index in [0.29, 0.717) is 28.1 Å². The van der Waals surface area contributed by atoms with Crippen molar-refractivity contribution in [3.8, 4) is 0 Å². The Bertz CT molecular complexity index is 731. The number of hydrogen-bond acceptors (Lipinski definition) is 3. The Balaban J connectivity index is 2.64. The van der Waals surface area contributed by atoms with Crippen molar-refractivity contribution in [2.45, 2.75) is 20.8 Å². The molecule has 0 saturated heterocycles. The van der Waals surface area contributed by atoms with Crippen molar-refractivity contribution < 1.29 is 18.7 Å². The fourth-order valence-electron chi connectivity index (χ4n) is 2.41. The lowest BCUT2D eigenvalue weighted by molar-refractivity contribution is 0.0700. The van der Waals surface area contributed by atoms with Crippen molar-refractivity contribution in [1.29, 1.82) is 0 Å². The van der Waals surface area contributed by atoms with Crippen LogP contribution in [0.5, 0.6) is 0 Å². The van der Waals surface area contributed by atoms with Crippen LogP contribution in [0.3, 0.4) is 0 Å². The number of fused-ring (bicyclic) bond motifs is 2. The van der Waals surface area contributed by atoms with Crippen LogP contribution in [0, 0.1) is 20.8 Å². The maximum atomic E-state index is 11.5. The van der Waals surface area contributed by atoms with E-state index in [9.17, 15) is 9.90 Å². The van der Waals surface area contributed by atoms with Crippen LogP contribution in [0.1, 0.15) is 27.4 Å². The molecule has 0 bridgehead atoms. The fourth-order valence-corrected chi connectivity index (χ4v) is 2.41. The van der Waals surface area contributed by atoms with Crippen LogP contribution in [-0.4, -0.2) is 11.1 Å². The molecule has 0 aliphatic heterocycles. The highest BCUT2D eigenvalue weighted by Crippen LogP contribution is 2.36. The fraction of sp³-hybridized carbons (Fsp3) is 0.214. The molecule has 92 valence electrons. The third-order valence-electron chi connectivity index (χ3n) is 3.17. The Morgan fingerprint density at radius 2 is 1.56 bits per heavy atom. The maximum Gasteiger partial charge on any atom is 0.340 e. The van der Waals surface area contributed by atoms with Gasteiger partial charge in [-0.25, -0.2) is 4.79 Å². The van der Waals surface area contributed by atoms with Crippen molar-refractivity contribution >= 4 is 27.9 Å². The molecule has 0 amide bonds. The van der Waals surface area contributed by atoms with E-state index in [4.69, 9.17) is 8.83 Å². The van der Waals surface area contributed by atoms with Gasteiger partial charge in [-0.3, -0.25) is 0 Å².